The topological polar surface area (TPSA) is 78.8 Å². The Hall–Kier alpha value is -3.09. The molecule has 1 aliphatic carbocycles. The van der Waals surface area contributed by atoms with Gasteiger partial charge in [-0.1, -0.05) is 30.3 Å². The van der Waals surface area contributed by atoms with Crippen molar-refractivity contribution in [1.82, 2.24) is 24.9 Å². The molecule has 7 heteroatoms. The van der Waals surface area contributed by atoms with Crippen LogP contribution in [0.25, 0.3) is 11.1 Å². The molecule has 0 bridgehead atoms. The predicted octanol–water partition coefficient (Wildman–Crippen LogP) is 3.66. The third-order valence-electron chi connectivity index (χ3n) is 4.91. The first-order chi connectivity index (χ1) is 13.0. The van der Waals surface area contributed by atoms with E-state index in [4.69, 9.17) is 0 Å². The van der Waals surface area contributed by atoms with Gasteiger partial charge >= 0.3 is 6.03 Å². The van der Waals surface area contributed by atoms with E-state index in [-0.39, 0.29) is 6.03 Å². The van der Waals surface area contributed by atoms with Gasteiger partial charge in [0.25, 0.3) is 0 Å². The molecule has 2 aromatic heterocycles. The van der Waals surface area contributed by atoms with Crippen molar-refractivity contribution in [1.29, 1.82) is 0 Å². The Morgan fingerprint density at radius 3 is 2.78 bits per heavy atom. The molecule has 0 atom stereocenters. The molecule has 27 heavy (non-hydrogen) atoms. The summed E-state index contributed by atoms with van der Waals surface area (Å²) in [4.78, 5) is 14.4. The molecule has 0 unspecified atom stereocenters. The lowest BCUT2D eigenvalue weighted by Crippen LogP contribution is -2.31. The van der Waals surface area contributed by atoms with Crippen molar-refractivity contribution in [3.63, 3.8) is 0 Å². The summed E-state index contributed by atoms with van der Waals surface area (Å²) in [6.07, 6.45) is 2.42. The Bertz CT molecular complexity index is 954. The molecule has 4 rings (SSSR count). The van der Waals surface area contributed by atoms with E-state index in [1.807, 2.05) is 44.3 Å². The molecule has 1 fully saturated rings. The number of aryl methyl sites for hydroxylation is 2. The molecular formula is C20H24N6O. The van der Waals surface area contributed by atoms with Crippen molar-refractivity contribution < 1.29 is 4.79 Å². The van der Waals surface area contributed by atoms with Gasteiger partial charge in [0, 0.05) is 25.6 Å². The van der Waals surface area contributed by atoms with Gasteiger partial charge in [0.2, 0.25) is 0 Å². The van der Waals surface area contributed by atoms with Crippen molar-refractivity contribution in [2.75, 3.05) is 12.4 Å². The average Bonchev–Trinajstić information content (AvgIpc) is 3.34. The number of carbonyl (C=O) groups excluding carboxylic acids is 1. The van der Waals surface area contributed by atoms with Crippen LogP contribution in [0.1, 0.15) is 35.8 Å². The summed E-state index contributed by atoms with van der Waals surface area (Å²) in [6, 6.07) is 11.9. The van der Waals surface area contributed by atoms with Crippen LogP contribution in [-0.2, 0) is 13.6 Å². The minimum atomic E-state index is -0.183. The number of hydrogen-bond acceptors (Lipinski definition) is 3. The standard InChI is InChI=1S/C20H24N6O/c1-13-18(15-7-5-4-6-8-15)19(26(3)24-13)21-20(27)25(2)12-16-11-17(23-22-16)14-9-10-14/h4-8,11,14H,9-10,12H2,1-3H3,(H,21,27)(H,22,23). The largest absolute Gasteiger partial charge is 0.323 e. The summed E-state index contributed by atoms with van der Waals surface area (Å²) in [5.74, 6) is 1.29. The second-order valence-electron chi connectivity index (χ2n) is 7.18. The van der Waals surface area contributed by atoms with E-state index < -0.39 is 0 Å². The molecule has 0 saturated heterocycles. The molecule has 140 valence electrons. The van der Waals surface area contributed by atoms with Crippen LogP contribution in [0, 0.1) is 6.92 Å². The van der Waals surface area contributed by atoms with Gasteiger partial charge in [-0.05, 0) is 31.4 Å². The van der Waals surface area contributed by atoms with Gasteiger partial charge in [0.1, 0.15) is 5.82 Å². The van der Waals surface area contributed by atoms with Crippen molar-refractivity contribution >= 4 is 11.8 Å². The summed E-state index contributed by atoms with van der Waals surface area (Å²) in [6.45, 7) is 2.43. The van der Waals surface area contributed by atoms with Crippen LogP contribution in [0.4, 0.5) is 10.6 Å². The number of amides is 2. The zero-order chi connectivity index (χ0) is 19.0. The molecule has 1 aliphatic rings. The molecule has 2 heterocycles. The first-order valence-corrected chi connectivity index (χ1v) is 9.18. The first-order valence-electron chi connectivity index (χ1n) is 9.18. The molecule has 0 radical (unpaired) electrons. The fraction of sp³-hybridized carbons (Fsp3) is 0.350. The number of carbonyl (C=O) groups is 1. The minimum absolute atomic E-state index is 0.183. The maximum atomic E-state index is 12.8. The maximum Gasteiger partial charge on any atom is 0.323 e. The number of anilines is 1. The van der Waals surface area contributed by atoms with Gasteiger partial charge < -0.3 is 4.90 Å². The highest BCUT2D eigenvalue weighted by Crippen LogP contribution is 2.39. The molecule has 0 aliphatic heterocycles. The summed E-state index contributed by atoms with van der Waals surface area (Å²) in [7, 11) is 3.62. The minimum Gasteiger partial charge on any atom is -0.322 e. The number of aromatic nitrogens is 4. The van der Waals surface area contributed by atoms with E-state index in [9.17, 15) is 4.79 Å². The van der Waals surface area contributed by atoms with Crippen molar-refractivity contribution in [2.45, 2.75) is 32.2 Å². The number of hydrogen-bond donors (Lipinski definition) is 2. The Labute approximate surface area is 158 Å². The summed E-state index contributed by atoms with van der Waals surface area (Å²) < 4.78 is 1.71. The van der Waals surface area contributed by atoms with Crippen LogP contribution in [0.15, 0.2) is 36.4 Å². The third kappa shape index (κ3) is 3.58. The van der Waals surface area contributed by atoms with Crippen LogP contribution >= 0.6 is 0 Å². The predicted molar refractivity (Wildman–Crippen MR) is 104 cm³/mol. The number of H-pyrrole nitrogens is 1. The highest BCUT2D eigenvalue weighted by atomic mass is 16.2. The van der Waals surface area contributed by atoms with Gasteiger partial charge in [-0.25, -0.2) is 4.79 Å². The number of nitrogens with zero attached hydrogens (tertiary/aromatic N) is 4. The van der Waals surface area contributed by atoms with Gasteiger partial charge in [-0.15, -0.1) is 0 Å². The molecule has 1 aromatic carbocycles. The maximum absolute atomic E-state index is 12.8. The van der Waals surface area contributed by atoms with E-state index in [2.05, 4.69) is 26.7 Å². The van der Waals surface area contributed by atoms with Gasteiger partial charge in [0.05, 0.1) is 23.6 Å². The Kier molecular flexibility index (Phi) is 4.43. The number of nitrogens with one attached hydrogen (secondary N) is 2. The fourth-order valence-corrected chi connectivity index (χ4v) is 3.32. The third-order valence-corrected chi connectivity index (χ3v) is 4.91. The zero-order valence-corrected chi connectivity index (χ0v) is 15.9. The number of urea groups is 1. The Balaban J connectivity index is 1.50. The van der Waals surface area contributed by atoms with Crippen molar-refractivity contribution in [3.05, 3.63) is 53.5 Å². The molecular weight excluding hydrogens is 340 g/mol. The average molecular weight is 364 g/mol. The molecule has 3 aromatic rings. The number of aromatic amines is 1. The molecule has 2 N–H and O–H groups in total. The van der Waals surface area contributed by atoms with E-state index in [1.165, 1.54) is 12.8 Å². The highest BCUT2D eigenvalue weighted by molar-refractivity contribution is 5.93. The molecule has 0 spiro atoms. The molecule has 7 nitrogen and oxygen atoms in total. The van der Waals surface area contributed by atoms with Gasteiger partial charge in [-0.2, -0.15) is 10.2 Å². The SMILES string of the molecule is Cc1nn(C)c(NC(=O)N(C)Cc2cc(C3CC3)n[nH]2)c1-c1ccccc1. The smallest absolute Gasteiger partial charge is 0.322 e. The summed E-state index contributed by atoms with van der Waals surface area (Å²) in [5.41, 5.74) is 4.90. The van der Waals surface area contributed by atoms with Crippen LogP contribution in [0.5, 0.6) is 0 Å². The van der Waals surface area contributed by atoms with Crippen LogP contribution in [0.2, 0.25) is 0 Å². The van der Waals surface area contributed by atoms with Crippen molar-refractivity contribution in [2.24, 2.45) is 7.05 Å². The second kappa shape index (κ2) is 6.90. The highest BCUT2D eigenvalue weighted by Gasteiger charge is 2.26. The van der Waals surface area contributed by atoms with Gasteiger partial charge in [0.15, 0.2) is 0 Å². The number of benzene rings is 1. The normalized spacial score (nSPS) is 13.6. The van der Waals surface area contributed by atoms with E-state index >= 15 is 0 Å². The Morgan fingerprint density at radius 1 is 1.33 bits per heavy atom. The van der Waals surface area contributed by atoms with Crippen LogP contribution in [-0.4, -0.2) is 38.0 Å². The fourth-order valence-electron chi connectivity index (χ4n) is 3.32. The quantitative estimate of drug-likeness (QED) is 0.725. The lowest BCUT2D eigenvalue weighted by atomic mass is 10.1. The zero-order valence-electron chi connectivity index (χ0n) is 15.9. The van der Waals surface area contributed by atoms with E-state index in [1.54, 1.807) is 16.6 Å². The lowest BCUT2D eigenvalue weighted by Gasteiger charge is -2.18. The lowest BCUT2D eigenvalue weighted by molar-refractivity contribution is 0.220. The van der Waals surface area contributed by atoms with E-state index in [0.29, 0.717) is 18.3 Å². The molecule has 1 saturated carbocycles. The van der Waals surface area contributed by atoms with Gasteiger partial charge in [-0.3, -0.25) is 15.1 Å². The summed E-state index contributed by atoms with van der Waals surface area (Å²) >= 11 is 0. The van der Waals surface area contributed by atoms with Crippen LogP contribution in [0.3, 0.4) is 0 Å². The number of rotatable bonds is 5. The van der Waals surface area contributed by atoms with Crippen molar-refractivity contribution in [3.8, 4) is 11.1 Å². The second-order valence-corrected chi connectivity index (χ2v) is 7.18. The monoisotopic (exact) mass is 364 g/mol. The summed E-state index contributed by atoms with van der Waals surface area (Å²) in [5, 5.41) is 14.9. The Morgan fingerprint density at radius 2 is 2.07 bits per heavy atom. The molecule has 2 amide bonds. The van der Waals surface area contributed by atoms with Crippen LogP contribution < -0.4 is 5.32 Å². The van der Waals surface area contributed by atoms with E-state index in [0.717, 1.165) is 28.2 Å². The first kappa shape index (κ1) is 17.3.